The Kier molecular flexibility index (Phi) is 5.14. The zero-order chi connectivity index (χ0) is 19.7. The smallest absolute Gasteiger partial charge is 0.322 e. The van der Waals surface area contributed by atoms with Gasteiger partial charge in [0, 0.05) is 35.7 Å². The van der Waals surface area contributed by atoms with Gasteiger partial charge < -0.3 is 14.8 Å². The van der Waals surface area contributed by atoms with Crippen molar-refractivity contribution in [3.8, 4) is 0 Å². The number of hydrogen-bond donors (Lipinski definition) is 1. The van der Waals surface area contributed by atoms with Gasteiger partial charge in [-0.25, -0.2) is 4.79 Å². The molecule has 0 fully saturated rings. The Morgan fingerprint density at radius 3 is 2.71 bits per heavy atom. The molecule has 0 bridgehead atoms. The molecule has 1 unspecified atom stereocenters. The van der Waals surface area contributed by atoms with Gasteiger partial charge in [-0.1, -0.05) is 41.4 Å². The first-order valence-corrected chi connectivity index (χ1v) is 9.96. The van der Waals surface area contributed by atoms with Crippen molar-refractivity contribution >= 4 is 23.3 Å². The second kappa shape index (κ2) is 7.72. The predicted molar refractivity (Wildman–Crippen MR) is 114 cm³/mol. The van der Waals surface area contributed by atoms with Crippen LogP contribution in [0.25, 0.3) is 0 Å². The predicted octanol–water partition coefficient (Wildman–Crippen LogP) is 5.79. The number of aromatic nitrogens is 1. The summed E-state index contributed by atoms with van der Waals surface area (Å²) in [5, 5.41) is 3.79. The molecular formula is C23H24ClN3O. The molecule has 1 aliphatic rings. The van der Waals surface area contributed by atoms with E-state index >= 15 is 0 Å². The molecule has 1 atom stereocenters. The molecule has 0 saturated heterocycles. The molecule has 2 amide bonds. The third-order valence-corrected chi connectivity index (χ3v) is 5.54. The first-order valence-electron chi connectivity index (χ1n) is 9.58. The van der Waals surface area contributed by atoms with E-state index in [2.05, 4.69) is 35.1 Å². The van der Waals surface area contributed by atoms with Crippen molar-refractivity contribution in [1.29, 1.82) is 0 Å². The first kappa shape index (κ1) is 18.6. The number of nitrogens with one attached hydrogen (secondary N) is 1. The van der Waals surface area contributed by atoms with E-state index in [1.165, 1.54) is 5.56 Å². The number of amides is 2. The van der Waals surface area contributed by atoms with E-state index in [-0.39, 0.29) is 12.1 Å². The molecule has 144 valence electrons. The fraction of sp³-hybridized carbons (Fsp3) is 0.261. The number of urea groups is 1. The standard InChI is InChI=1S/C23H24ClN3O/c1-16-9-10-20(17(2)14-16)25-23(28)27-13-5-12-26-11-4-8-21(26)22(27)18-6-3-7-19(24)15-18/h3-4,6-11,14-15,22H,5,12-13H2,1-2H3,(H,25,28). The van der Waals surface area contributed by atoms with Crippen LogP contribution in [0.4, 0.5) is 10.5 Å². The van der Waals surface area contributed by atoms with Crippen molar-refractivity contribution in [1.82, 2.24) is 9.47 Å². The lowest BCUT2D eigenvalue weighted by Gasteiger charge is -2.31. The number of hydrogen-bond acceptors (Lipinski definition) is 1. The first-order chi connectivity index (χ1) is 13.5. The molecule has 0 aliphatic carbocycles. The number of benzene rings is 2. The largest absolute Gasteiger partial charge is 0.349 e. The fourth-order valence-corrected chi connectivity index (χ4v) is 4.17. The maximum Gasteiger partial charge on any atom is 0.322 e. The highest BCUT2D eigenvalue weighted by molar-refractivity contribution is 6.30. The van der Waals surface area contributed by atoms with Crippen LogP contribution in [-0.4, -0.2) is 22.0 Å². The summed E-state index contributed by atoms with van der Waals surface area (Å²) in [7, 11) is 0. The fourth-order valence-electron chi connectivity index (χ4n) is 3.97. The average Bonchev–Trinajstić information content (AvgIpc) is 3.03. The normalized spacial score (nSPS) is 16.4. The molecule has 0 spiro atoms. The summed E-state index contributed by atoms with van der Waals surface area (Å²) in [5.41, 5.74) is 5.21. The van der Waals surface area contributed by atoms with Crippen molar-refractivity contribution in [3.63, 3.8) is 0 Å². The third kappa shape index (κ3) is 3.65. The molecule has 1 aliphatic heterocycles. The summed E-state index contributed by atoms with van der Waals surface area (Å²) in [6.45, 7) is 5.64. The van der Waals surface area contributed by atoms with E-state index < -0.39 is 0 Å². The summed E-state index contributed by atoms with van der Waals surface area (Å²) in [5.74, 6) is 0. The molecule has 0 radical (unpaired) electrons. The number of aryl methyl sites for hydroxylation is 3. The van der Waals surface area contributed by atoms with Crippen LogP contribution in [0.2, 0.25) is 5.02 Å². The maximum absolute atomic E-state index is 13.3. The van der Waals surface area contributed by atoms with Crippen LogP contribution in [0, 0.1) is 13.8 Å². The summed E-state index contributed by atoms with van der Waals surface area (Å²) in [6, 6.07) is 17.7. The molecule has 4 rings (SSSR count). The number of rotatable bonds is 2. The molecular weight excluding hydrogens is 370 g/mol. The maximum atomic E-state index is 13.3. The Bertz CT molecular complexity index is 1010. The minimum absolute atomic E-state index is 0.0911. The van der Waals surface area contributed by atoms with Gasteiger partial charge >= 0.3 is 6.03 Å². The number of carbonyl (C=O) groups is 1. The summed E-state index contributed by atoms with van der Waals surface area (Å²) < 4.78 is 2.23. The van der Waals surface area contributed by atoms with Crippen molar-refractivity contribution < 1.29 is 4.79 Å². The van der Waals surface area contributed by atoms with Crippen LogP contribution in [0.3, 0.4) is 0 Å². The van der Waals surface area contributed by atoms with E-state index in [0.29, 0.717) is 11.6 Å². The molecule has 28 heavy (non-hydrogen) atoms. The van der Waals surface area contributed by atoms with Crippen molar-refractivity contribution in [2.45, 2.75) is 32.9 Å². The molecule has 1 N–H and O–H groups in total. The second-order valence-electron chi connectivity index (χ2n) is 7.38. The van der Waals surface area contributed by atoms with Crippen molar-refractivity contribution in [2.75, 3.05) is 11.9 Å². The number of anilines is 1. The van der Waals surface area contributed by atoms with Crippen LogP contribution >= 0.6 is 11.6 Å². The van der Waals surface area contributed by atoms with Gasteiger partial charge in [-0.05, 0) is 61.7 Å². The number of carbonyl (C=O) groups excluding carboxylic acids is 1. The molecule has 4 nitrogen and oxygen atoms in total. The number of fused-ring (bicyclic) bond motifs is 1. The Labute approximate surface area is 170 Å². The van der Waals surface area contributed by atoms with Gasteiger partial charge in [0.1, 0.15) is 0 Å². The van der Waals surface area contributed by atoms with E-state index in [4.69, 9.17) is 11.6 Å². The van der Waals surface area contributed by atoms with Crippen molar-refractivity contribution in [2.24, 2.45) is 0 Å². The highest BCUT2D eigenvalue weighted by atomic mass is 35.5. The minimum atomic E-state index is -0.179. The SMILES string of the molecule is Cc1ccc(NC(=O)N2CCCn3cccc3C2c2cccc(Cl)c2)c(C)c1. The van der Waals surface area contributed by atoms with Gasteiger partial charge in [0.2, 0.25) is 0 Å². The van der Waals surface area contributed by atoms with Crippen LogP contribution in [0.5, 0.6) is 0 Å². The van der Waals surface area contributed by atoms with Crippen LogP contribution in [0.1, 0.15) is 34.8 Å². The van der Waals surface area contributed by atoms with Gasteiger partial charge in [0.15, 0.2) is 0 Å². The third-order valence-electron chi connectivity index (χ3n) is 5.30. The van der Waals surface area contributed by atoms with E-state index in [0.717, 1.165) is 35.5 Å². The second-order valence-corrected chi connectivity index (χ2v) is 7.82. The lowest BCUT2D eigenvalue weighted by atomic mass is 10.0. The van der Waals surface area contributed by atoms with Gasteiger partial charge in [-0.2, -0.15) is 0 Å². The van der Waals surface area contributed by atoms with Crippen LogP contribution in [-0.2, 0) is 6.54 Å². The van der Waals surface area contributed by atoms with E-state index in [1.54, 1.807) is 0 Å². The summed E-state index contributed by atoms with van der Waals surface area (Å²) in [4.78, 5) is 15.3. The molecule has 2 aromatic carbocycles. The molecule has 5 heteroatoms. The Balaban J connectivity index is 1.71. The minimum Gasteiger partial charge on any atom is -0.349 e. The zero-order valence-electron chi connectivity index (χ0n) is 16.2. The quantitative estimate of drug-likeness (QED) is 0.588. The average molecular weight is 394 g/mol. The highest BCUT2D eigenvalue weighted by Crippen LogP contribution is 2.33. The lowest BCUT2D eigenvalue weighted by molar-refractivity contribution is 0.199. The summed E-state index contributed by atoms with van der Waals surface area (Å²) in [6.07, 6.45) is 2.98. The van der Waals surface area contributed by atoms with Gasteiger partial charge in [0.25, 0.3) is 0 Å². The molecule has 3 aromatic rings. The van der Waals surface area contributed by atoms with Gasteiger partial charge in [-0.15, -0.1) is 0 Å². The monoisotopic (exact) mass is 393 g/mol. The summed E-state index contributed by atoms with van der Waals surface area (Å²) >= 11 is 6.27. The Morgan fingerprint density at radius 2 is 1.93 bits per heavy atom. The van der Waals surface area contributed by atoms with E-state index in [1.807, 2.05) is 54.3 Å². The zero-order valence-corrected chi connectivity index (χ0v) is 16.9. The van der Waals surface area contributed by atoms with Crippen LogP contribution < -0.4 is 5.32 Å². The van der Waals surface area contributed by atoms with Crippen molar-refractivity contribution in [3.05, 3.63) is 88.2 Å². The Hall–Kier alpha value is -2.72. The molecule has 0 saturated carbocycles. The highest BCUT2D eigenvalue weighted by Gasteiger charge is 2.31. The number of nitrogens with zero attached hydrogens (tertiary/aromatic N) is 2. The van der Waals surface area contributed by atoms with E-state index in [9.17, 15) is 4.79 Å². The Morgan fingerprint density at radius 1 is 1.07 bits per heavy atom. The topological polar surface area (TPSA) is 37.3 Å². The molecule has 2 heterocycles. The molecule has 1 aromatic heterocycles. The van der Waals surface area contributed by atoms with Crippen LogP contribution in [0.15, 0.2) is 60.8 Å². The van der Waals surface area contributed by atoms with Gasteiger partial charge in [-0.3, -0.25) is 0 Å². The van der Waals surface area contributed by atoms with Gasteiger partial charge in [0.05, 0.1) is 6.04 Å². The number of halogens is 1. The lowest BCUT2D eigenvalue weighted by Crippen LogP contribution is -2.39.